The van der Waals surface area contributed by atoms with Gasteiger partial charge in [-0.15, -0.1) is 0 Å². The van der Waals surface area contributed by atoms with Crippen molar-refractivity contribution in [3.63, 3.8) is 0 Å². The van der Waals surface area contributed by atoms with E-state index in [1.54, 1.807) is 38.1 Å². The normalized spacial score (nSPS) is 10.9. The van der Waals surface area contributed by atoms with Crippen molar-refractivity contribution < 1.29 is 19.1 Å². The van der Waals surface area contributed by atoms with E-state index in [0.29, 0.717) is 40.6 Å². The summed E-state index contributed by atoms with van der Waals surface area (Å²) in [6.45, 7) is 6.55. The van der Waals surface area contributed by atoms with Crippen molar-refractivity contribution in [1.82, 2.24) is 14.8 Å². The minimum atomic E-state index is -0.794. The highest BCUT2D eigenvalue weighted by Gasteiger charge is 2.23. The second-order valence-corrected chi connectivity index (χ2v) is 7.10. The Bertz CT molecular complexity index is 1220. The minimum absolute atomic E-state index is 0.0183. The summed E-state index contributed by atoms with van der Waals surface area (Å²) in [4.78, 5) is 52.5. The van der Waals surface area contributed by atoms with E-state index in [1.165, 1.54) is 11.6 Å². The lowest BCUT2D eigenvalue weighted by Crippen LogP contribution is -2.27. The molecule has 0 saturated heterocycles. The number of hydrogen-bond acceptors (Lipinski definition) is 6. The van der Waals surface area contributed by atoms with E-state index in [9.17, 15) is 19.2 Å². The summed E-state index contributed by atoms with van der Waals surface area (Å²) < 4.78 is 6.45. The Labute approximate surface area is 172 Å². The van der Waals surface area contributed by atoms with Crippen LogP contribution in [0.3, 0.4) is 0 Å². The van der Waals surface area contributed by atoms with Gasteiger partial charge in [-0.05, 0) is 38.8 Å². The van der Waals surface area contributed by atoms with Gasteiger partial charge >= 0.3 is 5.97 Å². The van der Waals surface area contributed by atoms with E-state index >= 15 is 0 Å². The summed E-state index contributed by atoms with van der Waals surface area (Å²) >= 11 is 0. The molecule has 0 saturated carbocycles. The summed E-state index contributed by atoms with van der Waals surface area (Å²) in [5.74, 6) is -1.40. The number of H-pyrrole nitrogens is 1. The Hall–Kier alpha value is -3.55. The molecule has 0 amide bonds. The molecule has 1 aromatic carbocycles. The van der Waals surface area contributed by atoms with Gasteiger partial charge < -0.3 is 9.72 Å². The number of esters is 1. The van der Waals surface area contributed by atoms with Crippen LogP contribution in [0, 0.1) is 13.8 Å². The Morgan fingerprint density at radius 3 is 2.40 bits per heavy atom. The van der Waals surface area contributed by atoms with E-state index in [0.717, 1.165) is 0 Å². The Balaban J connectivity index is 1.88. The summed E-state index contributed by atoms with van der Waals surface area (Å²) in [5, 5.41) is 4.90. The molecule has 8 heteroatoms. The predicted octanol–water partition coefficient (Wildman–Crippen LogP) is 2.99. The van der Waals surface area contributed by atoms with E-state index in [2.05, 4.69) is 10.1 Å². The Morgan fingerprint density at radius 2 is 1.80 bits per heavy atom. The molecule has 156 valence electrons. The second kappa shape index (κ2) is 8.44. The van der Waals surface area contributed by atoms with Crippen LogP contribution in [0.2, 0.25) is 0 Å². The monoisotopic (exact) mass is 409 g/mol. The molecule has 3 rings (SSSR count). The van der Waals surface area contributed by atoms with Crippen LogP contribution in [0.25, 0.3) is 10.8 Å². The zero-order valence-electron chi connectivity index (χ0n) is 17.4. The van der Waals surface area contributed by atoms with Gasteiger partial charge in [0.05, 0.1) is 11.1 Å². The van der Waals surface area contributed by atoms with Crippen molar-refractivity contribution in [2.75, 3.05) is 6.61 Å². The fraction of sp³-hybridized carbons (Fsp3) is 0.318. The summed E-state index contributed by atoms with van der Waals surface area (Å²) in [7, 11) is 0. The second-order valence-electron chi connectivity index (χ2n) is 7.10. The van der Waals surface area contributed by atoms with Crippen molar-refractivity contribution in [1.29, 1.82) is 0 Å². The maximum Gasteiger partial charge on any atom is 0.359 e. The highest BCUT2D eigenvalue weighted by Crippen LogP contribution is 2.19. The number of aryl methyl sites for hydroxylation is 2. The molecule has 0 aliphatic rings. The van der Waals surface area contributed by atoms with E-state index in [-0.39, 0.29) is 22.7 Å². The lowest BCUT2D eigenvalue weighted by molar-refractivity contribution is 0.0467. The first-order valence-electron chi connectivity index (χ1n) is 9.66. The SMILES string of the molecule is CCCn1nc(C(=O)OCC(=O)c2[nH]c(C)c(C(C)=O)c2C)c2ccccc2c1=O. The fourth-order valence-corrected chi connectivity index (χ4v) is 3.58. The zero-order chi connectivity index (χ0) is 22.0. The topological polar surface area (TPSA) is 111 Å². The summed E-state index contributed by atoms with van der Waals surface area (Å²) in [5.41, 5.74) is 1.52. The van der Waals surface area contributed by atoms with Gasteiger partial charge in [0, 0.05) is 23.2 Å². The molecule has 0 bridgehead atoms. The molecule has 30 heavy (non-hydrogen) atoms. The van der Waals surface area contributed by atoms with Gasteiger partial charge in [0.1, 0.15) is 0 Å². The number of rotatable bonds is 7. The largest absolute Gasteiger partial charge is 0.452 e. The van der Waals surface area contributed by atoms with Crippen molar-refractivity contribution in [3.8, 4) is 0 Å². The smallest absolute Gasteiger partial charge is 0.359 e. The zero-order valence-corrected chi connectivity index (χ0v) is 17.4. The van der Waals surface area contributed by atoms with E-state index < -0.39 is 18.4 Å². The maximum absolute atomic E-state index is 12.7. The molecule has 8 nitrogen and oxygen atoms in total. The predicted molar refractivity (Wildman–Crippen MR) is 111 cm³/mol. The lowest BCUT2D eigenvalue weighted by atomic mass is 10.1. The highest BCUT2D eigenvalue weighted by molar-refractivity contribution is 6.06. The molecule has 1 N–H and O–H groups in total. The van der Waals surface area contributed by atoms with Gasteiger partial charge in [-0.3, -0.25) is 14.4 Å². The first-order valence-corrected chi connectivity index (χ1v) is 9.66. The number of carbonyl (C=O) groups excluding carboxylic acids is 3. The van der Waals surface area contributed by atoms with Gasteiger partial charge in [0.15, 0.2) is 18.1 Å². The van der Waals surface area contributed by atoms with Crippen LogP contribution >= 0.6 is 0 Å². The number of nitrogens with zero attached hydrogens (tertiary/aromatic N) is 2. The molecule has 0 unspecified atom stereocenters. The van der Waals surface area contributed by atoms with E-state index in [4.69, 9.17) is 4.74 Å². The van der Waals surface area contributed by atoms with Gasteiger partial charge in [-0.1, -0.05) is 25.1 Å². The molecule has 2 aromatic heterocycles. The van der Waals surface area contributed by atoms with Gasteiger partial charge in [0.2, 0.25) is 5.78 Å². The number of hydrogen-bond donors (Lipinski definition) is 1. The van der Waals surface area contributed by atoms with Crippen LogP contribution in [0.5, 0.6) is 0 Å². The molecule has 0 aliphatic heterocycles. The van der Waals surface area contributed by atoms with Gasteiger partial charge in [-0.25, -0.2) is 9.48 Å². The van der Waals surface area contributed by atoms with Crippen LogP contribution in [0.15, 0.2) is 29.1 Å². The van der Waals surface area contributed by atoms with Gasteiger partial charge in [-0.2, -0.15) is 5.10 Å². The Morgan fingerprint density at radius 1 is 1.13 bits per heavy atom. The van der Waals surface area contributed by atoms with Crippen LogP contribution < -0.4 is 5.56 Å². The third-order valence-corrected chi connectivity index (χ3v) is 4.90. The molecule has 0 aliphatic carbocycles. The number of benzene rings is 1. The number of aromatic amines is 1. The van der Waals surface area contributed by atoms with Crippen LogP contribution in [-0.4, -0.2) is 38.9 Å². The lowest BCUT2D eigenvalue weighted by Gasteiger charge is -2.10. The molecular weight excluding hydrogens is 386 g/mol. The number of nitrogens with one attached hydrogen (secondary N) is 1. The molecular formula is C22H23N3O5. The number of ketones is 2. The first kappa shape index (κ1) is 21.2. The number of aromatic nitrogens is 3. The number of ether oxygens (including phenoxy) is 1. The van der Waals surface area contributed by atoms with Crippen LogP contribution in [0.1, 0.15) is 62.9 Å². The summed E-state index contributed by atoms with van der Waals surface area (Å²) in [6, 6.07) is 6.66. The first-order chi connectivity index (χ1) is 14.3. The number of carbonyl (C=O) groups is 3. The number of fused-ring (bicyclic) bond motifs is 1. The average Bonchev–Trinajstić information content (AvgIpc) is 3.02. The molecule has 0 atom stereocenters. The van der Waals surface area contributed by atoms with Crippen molar-refractivity contribution >= 4 is 28.3 Å². The van der Waals surface area contributed by atoms with Crippen molar-refractivity contribution in [3.05, 3.63) is 62.8 Å². The molecule has 0 radical (unpaired) electrons. The minimum Gasteiger partial charge on any atom is -0.452 e. The quantitative estimate of drug-likeness (QED) is 0.474. The summed E-state index contributed by atoms with van der Waals surface area (Å²) in [6.07, 6.45) is 0.669. The average molecular weight is 409 g/mol. The number of Topliss-reactive ketones (excluding diaryl/α,β-unsaturated/α-hetero) is 2. The third-order valence-electron chi connectivity index (χ3n) is 4.90. The molecule has 2 heterocycles. The standard InChI is InChI=1S/C22H23N3O5/c1-5-10-25-21(28)16-9-7-6-8-15(16)20(24-25)22(29)30-11-17(27)19-12(2)18(14(4)26)13(3)23-19/h6-9,23H,5,10-11H2,1-4H3. The molecule has 0 fully saturated rings. The molecule has 3 aromatic rings. The van der Waals surface area contributed by atoms with Crippen molar-refractivity contribution in [2.45, 2.75) is 40.7 Å². The van der Waals surface area contributed by atoms with Gasteiger partial charge in [0.25, 0.3) is 5.56 Å². The maximum atomic E-state index is 12.7. The Kier molecular flexibility index (Phi) is 5.96. The van der Waals surface area contributed by atoms with Crippen LogP contribution in [0.4, 0.5) is 0 Å². The molecule has 0 spiro atoms. The van der Waals surface area contributed by atoms with E-state index in [1.807, 2.05) is 6.92 Å². The van der Waals surface area contributed by atoms with Crippen LogP contribution in [-0.2, 0) is 11.3 Å². The highest BCUT2D eigenvalue weighted by atomic mass is 16.5. The van der Waals surface area contributed by atoms with Crippen molar-refractivity contribution in [2.24, 2.45) is 0 Å². The fourth-order valence-electron chi connectivity index (χ4n) is 3.58. The third kappa shape index (κ3) is 3.80.